The van der Waals surface area contributed by atoms with Gasteiger partial charge in [-0.2, -0.15) is 0 Å². The van der Waals surface area contributed by atoms with Gasteiger partial charge in [-0.25, -0.2) is 4.79 Å². The highest BCUT2D eigenvalue weighted by molar-refractivity contribution is 5.78. The lowest BCUT2D eigenvalue weighted by atomic mass is 9.83. The molecule has 24 heavy (non-hydrogen) atoms. The molecular formula is C19H35NO4. The molecule has 140 valence electrons. The van der Waals surface area contributed by atoms with Gasteiger partial charge in [0.2, 0.25) is 0 Å². The van der Waals surface area contributed by atoms with E-state index in [-0.39, 0.29) is 6.42 Å². The van der Waals surface area contributed by atoms with Gasteiger partial charge in [0, 0.05) is 19.5 Å². The Morgan fingerprint density at radius 1 is 1.21 bits per heavy atom. The van der Waals surface area contributed by atoms with Gasteiger partial charge in [0.05, 0.1) is 5.60 Å². The van der Waals surface area contributed by atoms with Crippen molar-refractivity contribution in [3.05, 3.63) is 0 Å². The SMILES string of the molecule is CCC(O)(CC)CC1(C(=O)O)CN(CC2CCCCC2)C(C)(C)O1. The summed E-state index contributed by atoms with van der Waals surface area (Å²) in [5.41, 5.74) is -2.92. The third-order valence-electron chi connectivity index (χ3n) is 6.18. The van der Waals surface area contributed by atoms with Crippen molar-refractivity contribution >= 4 is 5.97 Å². The van der Waals surface area contributed by atoms with Crippen molar-refractivity contribution in [2.75, 3.05) is 13.1 Å². The zero-order valence-electron chi connectivity index (χ0n) is 15.8. The largest absolute Gasteiger partial charge is 0.479 e. The predicted molar refractivity (Wildman–Crippen MR) is 93.8 cm³/mol. The second-order valence-corrected chi connectivity index (χ2v) is 8.34. The molecule has 1 aliphatic carbocycles. The molecule has 1 atom stereocenters. The Morgan fingerprint density at radius 3 is 2.29 bits per heavy atom. The highest BCUT2D eigenvalue weighted by Crippen LogP contribution is 2.41. The van der Waals surface area contributed by atoms with Gasteiger partial charge in [0.15, 0.2) is 5.60 Å². The molecule has 1 saturated carbocycles. The van der Waals surface area contributed by atoms with Crippen LogP contribution in [0.5, 0.6) is 0 Å². The molecule has 2 N–H and O–H groups in total. The maximum atomic E-state index is 12.1. The van der Waals surface area contributed by atoms with E-state index in [1.807, 2.05) is 27.7 Å². The summed E-state index contributed by atoms with van der Waals surface area (Å²) in [4.78, 5) is 14.3. The first-order valence-electron chi connectivity index (χ1n) is 9.57. The Kier molecular flexibility index (Phi) is 5.99. The highest BCUT2D eigenvalue weighted by atomic mass is 16.6. The van der Waals surface area contributed by atoms with Crippen LogP contribution in [0.3, 0.4) is 0 Å². The summed E-state index contributed by atoms with van der Waals surface area (Å²) in [5.74, 6) is -0.329. The molecule has 2 rings (SSSR count). The second-order valence-electron chi connectivity index (χ2n) is 8.34. The van der Waals surface area contributed by atoms with Crippen LogP contribution in [0, 0.1) is 5.92 Å². The maximum Gasteiger partial charge on any atom is 0.337 e. The first kappa shape index (κ1) is 19.7. The fraction of sp³-hybridized carbons (Fsp3) is 0.947. The van der Waals surface area contributed by atoms with E-state index < -0.39 is 22.9 Å². The molecule has 0 radical (unpaired) electrons. The monoisotopic (exact) mass is 341 g/mol. The third kappa shape index (κ3) is 4.12. The molecule has 2 aliphatic rings. The average Bonchev–Trinajstić information content (AvgIpc) is 2.79. The lowest BCUT2D eigenvalue weighted by Gasteiger charge is -2.35. The minimum atomic E-state index is -1.32. The van der Waals surface area contributed by atoms with Gasteiger partial charge < -0.3 is 14.9 Å². The first-order valence-corrected chi connectivity index (χ1v) is 9.57. The number of nitrogens with zero attached hydrogens (tertiary/aromatic N) is 1. The fourth-order valence-electron chi connectivity index (χ4n) is 4.35. The number of carboxylic acids is 1. The van der Waals surface area contributed by atoms with Crippen molar-refractivity contribution in [1.29, 1.82) is 0 Å². The topological polar surface area (TPSA) is 70.0 Å². The van der Waals surface area contributed by atoms with Crippen LogP contribution in [0.15, 0.2) is 0 Å². The molecule has 1 aliphatic heterocycles. The molecule has 5 heteroatoms. The van der Waals surface area contributed by atoms with E-state index >= 15 is 0 Å². The van der Waals surface area contributed by atoms with Gasteiger partial charge in [0.25, 0.3) is 0 Å². The van der Waals surface area contributed by atoms with Crippen molar-refractivity contribution in [2.24, 2.45) is 5.92 Å². The van der Waals surface area contributed by atoms with E-state index in [0.717, 1.165) is 6.54 Å². The van der Waals surface area contributed by atoms with E-state index in [2.05, 4.69) is 4.90 Å². The van der Waals surface area contributed by atoms with Gasteiger partial charge in [-0.3, -0.25) is 4.90 Å². The summed E-state index contributed by atoms with van der Waals surface area (Å²) < 4.78 is 6.12. The lowest BCUT2D eigenvalue weighted by Crippen LogP contribution is -2.49. The van der Waals surface area contributed by atoms with Crippen LogP contribution >= 0.6 is 0 Å². The van der Waals surface area contributed by atoms with Gasteiger partial charge in [-0.1, -0.05) is 33.1 Å². The predicted octanol–water partition coefficient (Wildman–Crippen LogP) is 3.40. The van der Waals surface area contributed by atoms with Gasteiger partial charge >= 0.3 is 5.97 Å². The number of carbonyl (C=O) groups is 1. The normalized spacial score (nSPS) is 29.0. The van der Waals surface area contributed by atoms with Gasteiger partial charge in [-0.15, -0.1) is 0 Å². The molecule has 1 saturated heterocycles. The molecule has 0 aromatic carbocycles. The minimum Gasteiger partial charge on any atom is -0.479 e. The van der Waals surface area contributed by atoms with Crippen LogP contribution in [0.2, 0.25) is 0 Å². The van der Waals surface area contributed by atoms with Crippen molar-refractivity contribution in [3.8, 4) is 0 Å². The Bertz CT molecular complexity index is 441. The molecule has 0 amide bonds. The highest BCUT2D eigenvalue weighted by Gasteiger charge is 2.57. The summed E-state index contributed by atoms with van der Waals surface area (Å²) in [7, 11) is 0. The van der Waals surface area contributed by atoms with E-state index in [1.165, 1.54) is 32.1 Å². The molecule has 0 aromatic heterocycles. The fourth-order valence-corrected chi connectivity index (χ4v) is 4.35. The van der Waals surface area contributed by atoms with E-state index in [1.54, 1.807) is 0 Å². The Morgan fingerprint density at radius 2 is 1.79 bits per heavy atom. The zero-order chi connectivity index (χ0) is 18.0. The van der Waals surface area contributed by atoms with Crippen molar-refractivity contribution in [1.82, 2.24) is 4.90 Å². The molecule has 5 nitrogen and oxygen atoms in total. The van der Waals surface area contributed by atoms with Crippen molar-refractivity contribution in [2.45, 2.75) is 96.0 Å². The van der Waals surface area contributed by atoms with Crippen molar-refractivity contribution in [3.63, 3.8) is 0 Å². The van der Waals surface area contributed by atoms with Crippen LogP contribution in [0.4, 0.5) is 0 Å². The van der Waals surface area contributed by atoms with Crippen LogP contribution in [0.25, 0.3) is 0 Å². The second kappa shape index (κ2) is 7.30. The Labute approximate surface area is 146 Å². The first-order chi connectivity index (χ1) is 11.2. The van der Waals surface area contributed by atoms with Crippen LogP contribution in [-0.2, 0) is 9.53 Å². The molecular weight excluding hydrogens is 306 g/mol. The van der Waals surface area contributed by atoms with E-state index in [4.69, 9.17) is 4.74 Å². The summed E-state index contributed by atoms with van der Waals surface area (Å²) in [6.07, 6.45) is 7.52. The van der Waals surface area contributed by atoms with E-state index in [0.29, 0.717) is 25.3 Å². The molecule has 0 bridgehead atoms. The van der Waals surface area contributed by atoms with Gasteiger partial charge in [-0.05, 0) is 45.4 Å². The lowest BCUT2D eigenvalue weighted by molar-refractivity contribution is -0.184. The molecule has 1 heterocycles. The zero-order valence-corrected chi connectivity index (χ0v) is 15.8. The van der Waals surface area contributed by atoms with Gasteiger partial charge in [0.1, 0.15) is 5.72 Å². The average molecular weight is 341 g/mol. The summed E-state index contributed by atoms with van der Waals surface area (Å²) in [6, 6.07) is 0. The van der Waals surface area contributed by atoms with Crippen LogP contribution in [0.1, 0.15) is 79.1 Å². The summed E-state index contributed by atoms with van der Waals surface area (Å²) in [6.45, 7) is 8.96. The number of ether oxygens (including phenoxy) is 1. The maximum absolute atomic E-state index is 12.1. The number of carboxylic acid groups (broad SMARTS) is 1. The van der Waals surface area contributed by atoms with Crippen LogP contribution < -0.4 is 0 Å². The molecule has 0 aromatic rings. The van der Waals surface area contributed by atoms with Crippen LogP contribution in [-0.4, -0.2) is 51.1 Å². The molecule has 2 fully saturated rings. The number of hydrogen-bond donors (Lipinski definition) is 2. The Hall–Kier alpha value is -0.650. The number of rotatable bonds is 7. The smallest absolute Gasteiger partial charge is 0.337 e. The number of aliphatic carboxylic acids is 1. The standard InChI is InChI=1S/C19H35NO4/c1-5-18(23,6-2)13-19(16(21)22)14-20(17(3,4)24-19)12-15-10-8-7-9-11-15/h15,23H,5-14H2,1-4H3,(H,21,22). The quantitative estimate of drug-likeness (QED) is 0.743. The summed E-state index contributed by atoms with van der Waals surface area (Å²) >= 11 is 0. The van der Waals surface area contributed by atoms with E-state index in [9.17, 15) is 15.0 Å². The summed E-state index contributed by atoms with van der Waals surface area (Å²) in [5, 5.41) is 20.6. The number of aliphatic hydroxyl groups is 1. The minimum absolute atomic E-state index is 0.146. The molecule has 1 unspecified atom stereocenters. The Balaban J connectivity index is 2.17. The number of hydrogen-bond acceptors (Lipinski definition) is 4. The third-order valence-corrected chi connectivity index (χ3v) is 6.18. The molecule has 0 spiro atoms. The van der Waals surface area contributed by atoms with Crippen molar-refractivity contribution < 1.29 is 19.7 Å².